The molecule has 0 saturated carbocycles. The summed E-state index contributed by atoms with van der Waals surface area (Å²) in [6.07, 6.45) is 0.575. The second-order valence-corrected chi connectivity index (χ2v) is 8.05. The van der Waals surface area contributed by atoms with Crippen LogP contribution in [-0.2, 0) is 14.6 Å². The Kier molecular flexibility index (Phi) is 3.77. The molecule has 1 aromatic carbocycles. The minimum Gasteiger partial charge on any atom is -0.493 e. The summed E-state index contributed by atoms with van der Waals surface area (Å²) < 4.78 is 28.4. The zero-order valence-electron chi connectivity index (χ0n) is 11.5. The van der Waals surface area contributed by atoms with Crippen LogP contribution in [0.3, 0.4) is 0 Å². The predicted octanol–water partition coefficient (Wildman–Crippen LogP) is 1.83. The van der Waals surface area contributed by atoms with Gasteiger partial charge in [-0.2, -0.15) is 0 Å². The van der Waals surface area contributed by atoms with Crippen molar-refractivity contribution in [2.45, 2.75) is 30.9 Å². The zero-order valence-corrected chi connectivity index (χ0v) is 12.3. The van der Waals surface area contributed by atoms with Crippen LogP contribution < -0.4 is 4.74 Å². The van der Waals surface area contributed by atoms with E-state index in [0.29, 0.717) is 18.8 Å². The summed E-state index contributed by atoms with van der Waals surface area (Å²) in [7, 11) is -3.76. The van der Waals surface area contributed by atoms with Crippen molar-refractivity contribution in [2.24, 2.45) is 0 Å². The van der Waals surface area contributed by atoms with Gasteiger partial charge in [0.15, 0.2) is 14.6 Å². The predicted molar refractivity (Wildman–Crippen MR) is 74.8 cm³/mol. The number of sulfone groups is 1. The maximum atomic E-state index is 12.4. The average molecular weight is 298 g/mol. The quantitative estimate of drug-likeness (QED) is 0.917. The molecule has 1 aromatic rings. The van der Waals surface area contributed by atoms with Crippen molar-refractivity contribution in [2.75, 3.05) is 12.4 Å². The highest BCUT2D eigenvalue weighted by Crippen LogP contribution is 2.36. The number of hydrogen-bond acceptors (Lipinski definition) is 4. The molecule has 110 valence electrons. The van der Waals surface area contributed by atoms with Gasteiger partial charge in [-0.25, -0.2) is 8.42 Å². The summed E-state index contributed by atoms with van der Waals surface area (Å²) in [5.74, 6) is -1.03. The lowest BCUT2D eigenvalue weighted by Gasteiger charge is -2.28. The van der Waals surface area contributed by atoms with Crippen molar-refractivity contribution in [3.63, 3.8) is 0 Å². The molecule has 0 aromatic heterocycles. The fourth-order valence-corrected chi connectivity index (χ4v) is 3.75. The standard InChI is InChI=1S/C14H18O5S/c1-14(2,13(15)16)20(17,18)9-10-7-8-19-12-6-4-3-5-11(10)12/h3-6,10H,7-9H2,1-2H3,(H,15,16). The van der Waals surface area contributed by atoms with E-state index in [1.54, 1.807) is 6.07 Å². The monoisotopic (exact) mass is 298 g/mol. The molecular weight excluding hydrogens is 280 g/mol. The van der Waals surface area contributed by atoms with Crippen molar-refractivity contribution in [1.82, 2.24) is 0 Å². The molecule has 0 bridgehead atoms. The van der Waals surface area contributed by atoms with Gasteiger partial charge in [0.05, 0.1) is 12.4 Å². The van der Waals surface area contributed by atoms with Gasteiger partial charge in [-0.3, -0.25) is 4.79 Å². The number of para-hydroxylation sites is 1. The van der Waals surface area contributed by atoms with Crippen LogP contribution in [0.4, 0.5) is 0 Å². The highest BCUT2D eigenvalue weighted by atomic mass is 32.2. The fraction of sp³-hybridized carbons (Fsp3) is 0.500. The van der Waals surface area contributed by atoms with Gasteiger partial charge in [0.2, 0.25) is 0 Å². The summed E-state index contributed by atoms with van der Waals surface area (Å²) >= 11 is 0. The number of carboxylic acids is 1. The number of benzene rings is 1. The highest BCUT2D eigenvalue weighted by molar-refractivity contribution is 7.93. The lowest BCUT2D eigenvalue weighted by atomic mass is 9.95. The number of hydrogen-bond donors (Lipinski definition) is 1. The molecule has 1 atom stereocenters. The van der Waals surface area contributed by atoms with E-state index in [-0.39, 0.29) is 11.7 Å². The van der Waals surface area contributed by atoms with E-state index >= 15 is 0 Å². The lowest BCUT2D eigenvalue weighted by Crippen LogP contribution is -2.43. The number of carboxylic acid groups (broad SMARTS) is 1. The molecule has 2 rings (SSSR count). The van der Waals surface area contributed by atoms with E-state index in [1.165, 1.54) is 13.8 Å². The second kappa shape index (κ2) is 5.09. The first kappa shape index (κ1) is 14.8. The van der Waals surface area contributed by atoms with Gasteiger partial charge < -0.3 is 9.84 Å². The molecule has 1 unspecified atom stereocenters. The Hall–Kier alpha value is -1.56. The average Bonchev–Trinajstić information content (AvgIpc) is 2.38. The number of ether oxygens (including phenoxy) is 1. The molecule has 1 heterocycles. The van der Waals surface area contributed by atoms with Crippen molar-refractivity contribution in [3.8, 4) is 5.75 Å². The summed E-state index contributed by atoms with van der Waals surface area (Å²) in [5.41, 5.74) is 0.837. The van der Waals surface area contributed by atoms with Crippen LogP contribution >= 0.6 is 0 Å². The maximum Gasteiger partial charge on any atom is 0.324 e. The van der Waals surface area contributed by atoms with E-state index in [9.17, 15) is 13.2 Å². The Morgan fingerprint density at radius 1 is 1.40 bits per heavy atom. The van der Waals surface area contributed by atoms with Crippen LogP contribution in [0.1, 0.15) is 31.7 Å². The van der Waals surface area contributed by atoms with Gasteiger partial charge in [0.25, 0.3) is 0 Å². The molecule has 5 nitrogen and oxygen atoms in total. The maximum absolute atomic E-state index is 12.4. The van der Waals surface area contributed by atoms with E-state index in [4.69, 9.17) is 9.84 Å². The van der Waals surface area contributed by atoms with Crippen molar-refractivity contribution in [3.05, 3.63) is 29.8 Å². The first-order chi connectivity index (χ1) is 9.25. The van der Waals surface area contributed by atoms with Gasteiger partial charge in [0.1, 0.15) is 5.75 Å². The largest absolute Gasteiger partial charge is 0.493 e. The molecule has 0 saturated heterocycles. The number of aliphatic carboxylic acids is 1. The molecule has 0 radical (unpaired) electrons. The zero-order chi connectivity index (χ0) is 15.0. The first-order valence-corrected chi connectivity index (χ1v) is 8.08. The molecule has 0 spiro atoms. The van der Waals surface area contributed by atoms with Crippen LogP contribution in [0.2, 0.25) is 0 Å². The fourth-order valence-electron chi connectivity index (χ4n) is 2.20. The number of rotatable bonds is 4. The molecule has 6 heteroatoms. The summed E-state index contributed by atoms with van der Waals surface area (Å²) in [4.78, 5) is 11.2. The van der Waals surface area contributed by atoms with Gasteiger partial charge in [0, 0.05) is 5.92 Å². The Morgan fingerprint density at radius 3 is 2.70 bits per heavy atom. The third kappa shape index (κ3) is 2.52. The lowest BCUT2D eigenvalue weighted by molar-refractivity contribution is -0.139. The third-order valence-electron chi connectivity index (χ3n) is 3.80. The first-order valence-electron chi connectivity index (χ1n) is 6.43. The normalized spacial score (nSPS) is 19.0. The summed E-state index contributed by atoms with van der Waals surface area (Å²) in [6, 6.07) is 7.30. The second-order valence-electron chi connectivity index (χ2n) is 5.47. The van der Waals surface area contributed by atoms with Crippen LogP contribution in [0.25, 0.3) is 0 Å². The Balaban J connectivity index is 2.30. The topological polar surface area (TPSA) is 80.7 Å². The SMILES string of the molecule is CC(C)(C(=O)O)S(=O)(=O)CC1CCOc2ccccc21. The molecule has 20 heavy (non-hydrogen) atoms. The van der Waals surface area contributed by atoms with Gasteiger partial charge in [-0.05, 0) is 31.9 Å². The summed E-state index contributed by atoms with van der Waals surface area (Å²) in [5, 5.41) is 9.10. The van der Waals surface area contributed by atoms with Crippen molar-refractivity contribution >= 4 is 15.8 Å². The Labute approximate surface area is 118 Å². The van der Waals surface area contributed by atoms with Crippen LogP contribution in [-0.4, -0.2) is 36.6 Å². The number of carbonyl (C=O) groups is 1. The van der Waals surface area contributed by atoms with Crippen LogP contribution in [0, 0.1) is 0 Å². The third-order valence-corrected chi connectivity index (χ3v) is 6.37. The molecule has 1 aliphatic heterocycles. The number of fused-ring (bicyclic) bond motifs is 1. The minimum absolute atomic E-state index is 0.174. The highest BCUT2D eigenvalue weighted by Gasteiger charge is 2.43. The summed E-state index contributed by atoms with van der Waals surface area (Å²) in [6.45, 7) is 2.91. The van der Waals surface area contributed by atoms with Gasteiger partial charge >= 0.3 is 5.97 Å². The molecule has 1 N–H and O–H groups in total. The molecule has 0 fully saturated rings. The molecule has 0 aliphatic carbocycles. The molecule has 1 aliphatic rings. The Bertz CT molecular complexity index is 618. The smallest absolute Gasteiger partial charge is 0.324 e. The Morgan fingerprint density at radius 2 is 2.05 bits per heavy atom. The van der Waals surface area contributed by atoms with Crippen LogP contribution in [0.5, 0.6) is 5.75 Å². The van der Waals surface area contributed by atoms with E-state index in [2.05, 4.69) is 0 Å². The van der Waals surface area contributed by atoms with Gasteiger partial charge in [-0.15, -0.1) is 0 Å². The van der Waals surface area contributed by atoms with Crippen LogP contribution in [0.15, 0.2) is 24.3 Å². The van der Waals surface area contributed by atoms with Crippen molar-refractivity contribution in [1.29, 1.82) is 0 Å². The molecule has 0 amide bonds. The van der Waals surface area contributed by atoms with E-state index in [1.807, 2.05) is 18.2 Å². The van der Waals surface area contributed by atoms with Crippen molar-refractivity contribution < 1.29 is 23.1 Å². The van der Waals surface area contributed by atoms with E-state index < -0.39 is 20.6 Å². The van der Waals surface area contributed by atoms with Gasteiger partial charge in [-0.1, -0.05) is 18.2 Å². The minimum atomic E-state index is -3.76. The van der Waals surface area contributed by atoms with E-state index in [0.717, 1.165) is 5.56 Å². The molecular formula is C14H18O5S.